The van der Waals surface area contributed by atoms with Crippen LogP contribution >= 0.6 is 0 Å². The van der Waals surface area contributed by atoms with E-state index in [4.69, 9.17) is 9.84 Å². The molecule has 64 valence electrons. The molecular weight excluding hydrogens is 148 g/mol. The summed E-state index contributed by atoms with van der Waals surface area (Å²) in [5.74, 6) is -0.911. The Bertz CT molecular complexity index is 132. The van der Waals surface area contributed by atoms with E-state index < -0.39 is 12.1 Å². The van der Waals surface area contributed by atoms with Crippen molar-refractivity contribution in [3.05, 3.63) is 12.7 Å². The van der Waals surface area contributed by atoms with E-state index in [1.807, 2.05) is 0 Å². The molecule has 0 radical (unpaired) electrons. The molecule has 0 aromatic heterocycles. The van der Waals surface area contributed by atoms with Crippen molar-refractivity contribution in [1.29, 1.82) is 0 Å². The first kappa shape index (κ1) is 10.1. The first-order valence-electron chi connectivity index (χ1n) is 3.15. The van der Waals surface area contributed by atoms with Crippen LogP contribution in [0.3, 0.4) is 0 Å². The molecule has 0 aliphatic heterocycles. The molecule has 1 N–H and O–H groups in total. The average Bonchev–Trinajstić information content (AvgIpc) is 1.97. The molecule has 0 aliphatic carbocycles. The molecule has 0 aliphatic rings. The minimum absolute atomic E-state index is 0.0765. The van der Waals surface area contributed by atoms with Gasteiger partial charge in [-0.25, -0.2) is 0 Å². The highest BCUT2D eigenvalue weighted by Crippen LogP contribution is 1.99. The maximum absolute atomic E-state index is 10.2. The van der Waals surface area contributed by atoms with Crippen molar-refractivity contribution in [2.24, 2.45) is 0 Å². The number of hydrogen-bond acceptors (Lipinski definition) is 3. The van der Waals surface area contributed by atoms with Crippen LogP contribution in [-0.4, -0.2) is 31.1 Å². The van der Waals surface area contributed by atoms with Gasteiger partial charge in [0.05, 0.1) is 12.5 Å². The number of rotatable bonds is 6. The SMILES string of the molecule is C=C[C@@H](CC(=O)O)OCOC. The molecule has 0 unspecified atom stereocenters. The quantitative estimate of drug-likeness (QED) is 0.457. The van der Waals surface area contributed by atoms with Crippen LogP contribution < -0.4 is 0 Å². The van der Waals surface area contributed by atoms with Crippen LogP contribution in [0.5, 0.6) is 0 Å². The van der Waals surface area contributed by atoms with Crippen LogP contribution in [0.25, 0.3) is 0 Å². The molecule has 0 spiro atoms. The Labute approximate surface area is 65.4 Å². The Morgan fingerprint density at radius 3 is 2.82 bits per heavy atom. The van der Waals surface area contributed by atoms with Crippen molar-refractivity contribution in [3.8, 4) is 0 Å². The Kier molecular flexibility index (Phi) is 5.42. The molecular formula is C7H12O4. The molecule has 0 aromatic carbocycles. The predicted molar refractivity (Wildman–Crippen MR) is 39.2 cm³/mol. The highest BCUT2D eigenvalue weighted by molar-refractivity contribution is 5.67. The standard InChI is InChI=1S/C7H12O4/c1-3-6(4-7(8)9)11-5-10-2/h3,6H,1,4-5H2,2H3,(H,8,9)/t6-/m0/s1. The lowest BCUT2D eigenvalue weighted by Gasteiger charge is -2.09. The number of methoxy groups -OCH3 is 1. The van der Waals surface area contributed by atoms with Crippen LogP contribution in [0.2, 0.25) is 0 Å². The van der Waals surface area contributed by atoms with Gasteiger partial charge in [-0.3, -0.25) is 4.79 Å². The van der Waals surface area contributed by atoms with Crippen molar-refractivity contribution in [3.63, 3.8) is 0 Å². The third-order valence-corrected chi connectivity index (χ3v) is 1.04. The van der Waals surface area contributed by atoms with E-state index in [2.05, 4.69) is 11.3 Å². The molecule has 0 fully saturated rings. The summed E-state index contributed by atoms with van der Waals surface area (Å²) >= 11 is 0. The van der Waals surface area contributed by atoms with E-state index in [9.17, 15) is 4.79 Å². The van der Waals surface area contributed by atoms with Gasteiger partial charge in [0.2, 0.25) is 0 Å². The Balaban J connectivity index is 3.57. The van der Waals surface area contributed by atoms with Gasteiger partial charge in [0, 0.05) is 7.11 Å². The fraction of sp³-hybridized carbons (Fsp3) is 0.571. The van der Waals surface area contributed by atoms with E-state index in [1.165, 1.54) is 13.2 Å². The molecule has 0 bridgehead atoms. The number of carboxylic acids is 1. The molecule has 4 nitrogen and oxygen atoms in total. The molecule has 4 heteroatoms. The second-order valence-corrected chi connectivity index (χ2v) is 1.95. The number of ether oxygens (including phenoxy) is 2. The Morgan fingerprint density at radius 1 is 1.82 bits per heavy atom. The van der Waals surface area contributed by atoms with E-state index in [0.717, 1.165) is 0 Å². The Hall–Kier alpha value is -0.870. The monoisotopic (exact) mass is 160 g/mol. The summed E-state index contributed by atoms with van der Waals surface area (Å²) < 4.78 is 9.52. The van der Waals surface area contributed by atoms with Crippen molar-refractivity contribution >= 4 is 5.97 Å². The van der Waals surface area contributed by atoms with E-state index in [-0.39, 0.29) is 13.2 Å². The topological polar surface area (TPSA) is 55.8 Å². The summed E-state index contributed by atoms with van der Waals surface area (Å²) in [7, 11) is 1.47. The molecule has 0 heterocycles. The van der Waals surface area contributed by atoms with E-state index >= 15 is 0 Å². The minimum Gasteiger partial charge on any atom is -0.481 e. The predicted octanol–water partition coefficient (Wildman–Crippen LogP) is 0.636. The van der Waals surface area contributed by atoms with Crippen molar-refractivity contribution in [2.45, 2.75) is 12.5 Å². The first-order valence-corrected chi connectivity index (χ1v) is 3.15. The van der Waals surface area contributed by atoms with Gasteiger partial charge in [0.1, 0.15) is 6.79 Å². The van der Waals surface area contributed by atoms with Crippen molar-refractivity contribution in [2.75, 3.05) is 13.9 Å². The molecule has 0 saturated carbocycles. The first-order chi connectivity index (χ1) is 5.20. The van der Waals surface area contributed by atoms with Crippen LogP contribution in [0.4, 0.5) is 0 Å². The van der Waals surface area contributed by atoms with Gasteiger partial charge >= 0.3 is 5.97 Å². The zero-order chi connectivity index (χ0) is 8.69. The largest absolute Gasteiger partial charge is 0.481 e. The summed E-state index contributed by atoms with van der Waals surface area (Å²) in [4.78, 5) is 10.2. The van der Waals surface area contributed by atoms with Crippen molar-refractivity contribution in [1.82, 2.24) is 0 Å². The third kappa shape index (κ3) is 5.57. The lowest BCUT2D eigenvalue weighted by molar-refractivity contribution is -0.141. The second-order valence-electron chi connectivity index (χ2n) is 1.95. The smallest absolute Gasteiger partial charge is 0.306 e. The lowest BCUT2D eigenvalue weighted by Crippen LogP contribution is -2.16. The second kappa shape index (κ2) is 5.88. The highest BCUT2D eigenvalue weighted by Gasteiger charge is 2.08. The Morgan fingerprint density at radius 2 is 2.45 bits per heavy atom. The van der Waals surface area contributed by atoms with Gasteiger partial charge < -0.3 is 14.6 Å². The normalized spacial score (nSPS) is 12.5. The maximum Gasteiger partial charge on any atom is 0.306 e. The van der Waals surface area contributed by atoms with Gasteiger partial charge in [-0.2, -0.15) is 0 Å². The van der Waals surface area contributed by atoms with Gasteiger partial charge in [-0.05, 0) is 0 Å². The summed E-state index contributed by atoms with van der Waals surface area (Å²) in [6.07, 6.45) is 0.896. The highest BCUT2D eigenvalue weighted by atomic mass is 16.7. The lowest BCUT2D eigenvalue weighted by atomic mass is 10.2. The third-order valence-electron chi connectivity index (χ3n) is 1.04. The molecule has 0 saturated heterocycles. The summed E-state index contributed by atoms with van der Waals surface area (Å²) in [6.45, 7) is 3.51. The molecule has 0 rings (SSSR count). The van der Waals surface area contributed by atoms with Crippen molar-refractivity contribution < 1.29 is 19.4 Å². The summed E-state index contributed by atoms with van der Waals surface area (Å²) in [5, 5.41) is 8.35. The van der Waals surface area contributed by atoms with E-state index in [0.29, 0.717) is 0 Å². The molecule has 0 amide bonds. The van der Waals surface area contributed by atoms with Crippen LogP contribution in [0.1, 0.15) is 6.42 Å². The summed E-state index contributed by atoms with van der Waals surface area (Å²) in [5.41, 5.74) is 0. The average molecular weight is 160 g/mol. The number of aliphatic carboxylic acids is 1. The van der Waals surface area contributed by atoms with Crippen LogP contribution in [0, 0.1) is 0 Å². The van der Waals surface area contributed by atoms with Crippen LogP contribution in [0.15, 0.2) is 12.7 Å². The number of hydrogen-bond donors (Lipinski definition) is 1. The zero-order valence-corrected chi connectivity index (χ0v) is 6.45. The fourth-order valence-corrected chi connectivity index (χ4v) is 0.538. The number of carbonyl (C=O) groups is 1. The van der Waals surface area contributed by atoms with Gasteiger partial charge in [0.15, 0.2) is 0 Å². The minimum atomic E-state index is -0.911. The number of carboxylic acid groups (broad SMARTS) is 1. The molecule has 11 heavy (non-hydrogen) atoms. The zero-order valence-electron chi connectivity index (χ0n) is 6.45. The van der Waals surface area contributed by atoms with Crippen LogP contribution in [-0.2, 0) is 14.3 Å². The van der Waals surface area contributed by atoms with Gasteiger partial charge in [-0.1, -0.05) is 6.08 Å². The van der Waals surface area contributed by atoms with E-state index in [1.54, 1.807) is 0 Å². The maximum atomic E-state index is 10.2. The molecule has 1 atom stereocenters. The molecule has 0 aromatic rings. The fourth-order valence-electron chi connectivity index (χ4n) is 0.538. The summed E-state index contributed by atoms with van der Waals surface area (Å²) in [6, 6.07) is 0. The van der Waals surface area contributed by atoms with Gasteiger partial charge in [0.25, 0.3) is 0 Å². The van der Waals surface area contributed by atoms with Gasteiger partial charge in [-0.15, -0.1) is 6.58 Å².